The molecule has 2 aromatic carbocycles. The first kappa shape index (κ1) is 22.0. The van der Waals surface area contributed by atoms with E-state index in [1.807, 2.05) is 12.5 Å². The third-order valence-corrected chi connectivity index (χ3v) is 6.02. The second-order valence-corrected chi connectivity index (χ2v) is 9.76. The van der Waals surface area contributed by atoms with Crippen molar-refractivity contribution < 1.29 is 28.8 Å². The summed E-state index contributed by atoms with van der Waals surface area (Å²) >= 11 is 0. The highest BCUT2D eigenvalue weighted by molar-refractivity contribution is 7.85. The van der Waals surface area contributed by atoms with Crippen LogP contribution < -0.4 is 10.1 Å². The molecule has 3 heterocycles. The molecule has 9 nitrogen and oxygen atoms in total. The number of hydrogen-bond donors (Lipinski definition) is 3. The molecular formula is C22H23FN4O5S. The van der Waals surface area contributed by atoms with Crippen molar-refractivity contribution in [2.45, 2.75) is 24.4 Å². The van der Waals surface area contributed by atoms with Crippen molar-refractivity contribution in [2.75, 3.05) is 31.0 Å². The molecule has 0 saturated carbocycles. The average molecular weight is 475 g/mol. The van der Waals surface area contributed by atoms with Gasteiger partial charge in [-0.2, -0.15) is 0 Å². The van der Waals surface area contributed by atoms with Gasteiger partial charge in [0.05, 0.1) is 35.5 Å². The second-order valence-electron chi connectivity index (χ2n) is 8.03. The number of phenolic OH excluding ortho intramolecular Hbond substituents is 1. The molecule has 3 aromatic rings. The standard InChI is InChI=1S/C22H23FN4O5S/c1-33(2)27-12-6-14-19(15(28)7-12)22(25-10-24-14)26-13-4-3-11(23)5-17(13)32-18-9-31-20-16(29)8-30-21(18)20/h3-7,10,16,18,20-21,28-29H,8-9H2,1-2H3,(H,24,25,26)/t16?,18-,20-,21?/m1/s1. The number of nitrogens with one attached hydrogen (secondary N) is 1. The van der Waals surface area contributed by atoms with Crippen molar-refractivity contribution in [3.63, 3.8) is 0 Å². The van der Waals surface area contributed by atoms with E-state index in [1.165, 1.54) is 24.5 Å². The predicted molar refractivity (Wildman–Crippen MR) is 122 cm³/mol. The lowest BCUT2D eigenvalue weighted by molar-refractivity contribution is 0.00871. The Morgan fingerprint density at radius 2 is 1.97 bits per heavy atom. The number of fused-ring (bicyclic) bond motifs is 2. The first-order chi connectivity index (χ1) is 15.9. The lowest BCUT2D eigenvalue weighted by Crippen LogP contribution is -2.34. The summed E-state index contributed by atoms with van der Waals surface area (Å²) in [6.07, 6.45) is 3.19. The fourth-order valence-corrected chi connectivity index (χ4v) is 4.57. The molecular weight excluding hydrogens is 451 g/mol. The smallest absolute Gasteiger partial charge is 0.151 e. The third kappa shape index (κ3) is 4.36. The number of anilines is 2. The molecule has 1 aromatic heterocycles. The summed E-state index contributed by atoms with van der Waals surface area (Å²) in [4.78, 5) is 8.53. The van der Waals surface area contributed by atoms with Crippen molar-refractivity contribution in [1.29, 1.82) is 0 Å². The highest BCUT2D eigenvalue weighted by atomic mass is 32.2. The van der Waals surface area contributed by atoms with Gasteiger partial charge in [-0.05, 0) is 30.7 Å². The summed E-state index contributed by atoms with van der Waals surface area (Å²) in [6, 6.07) is 7.41. The maximum atomic E-state index is 14.1. The van der Waals surface area contributed by atoms with Gasteiger partial charge < -0.3 is 29.7 Å². The van der Waals surface area contributed by atoms with Gasteiger partial charge >= 0.3 is 0 Å². The van der Waals surface area contributed by atoms with Crippen LogP contribution in [0.3, 0.4) is 0 Å². The predicted octanol–water partition coefficient (Wildman–Crippen LogP) is 2.82. The van der Waals surface area contributed by atoms with Crippen molar-refractivity contribution in [2.24, 2.45) is 4.36 Å². The Bertz CT molecular complexity index is 1240. The Morgan fingerprint density at radius 3 is 2.79 bits per heavy atom. The molecule has 2 saturated heterocycles. The number of phenols is 1. The second kappa shape index (κ2) is 8.82. The van der Waals surface area contributed by atoms with Gasteiger partial charge in [-0.15, -0.1) is 10.7 Å². The topological polar surface area (TPSA) is 118 Å². The van der Waals surface area contributed by atoms with Crippen LogP contribution in [0.15, 0.2) is 41.0 Å². The minimum absolute atomic E-state index is 0.0234. The van der Waals surface area contributed by atoms with Crippen molar-refractivity contribution in [1.82, 2.24) is 9.97 Å². The maximum Gasteiger partial charge on any atom is 0.151 e. The van der Waals surface area contributed by atoms with Crippen molar-refractivity contribution in [3.8, 4) is 11.5 Å². The molecule has 4 atom stereocenters. The van der Waals surface area contributed by atoms with Gasteiger partial charge in [0.25, 0.3) is 0 Å². The molecule has 0 radical (unpaired) electrons. The van der Waals surface area contributed by atoms with Crippen molar-refractivity contribution in [3.05, 3.63) is 42.5 Å². The van der Waals surface area contributed by atoms with Crippen LogP contribution in [0.5, 0.6) is 11.5 Å². The summed E-state index contributed by atoms with van der Waals surface area (Å²) in [6.45, 7) is 0.379. The third-order valence-electron chi connectivity index (χ3n) is 5.45. The van der Waals surface area contributed by atoms with E-state index in [2.05, 4.69) is 19.6 Å². The fourth-order valence-electron chi connectivity index (χ4n) is 4.05. The molecule has 174 valence electrons. The first-order valence-electron chi connectivity index (χ1n) is 10.3. The van der Waals surface area contributed by atoms with E-state index in [-0.39, 0.29) is 35.4 Å². The van der Waals surface area contributed by atoms with Crippen LogP contribution in [-0.4, -0.2) is 70.3 Å². The van der Waals surface area contributed by atoms with Gasteiger partial charge in [0.2, 0.25) is 0 Å². The van der Waals surface area contributed by atoms with Gasteiger partial charge in [-0.25, -0.2) is 18.7 Å². The molecule has 0 bridgehead atoms. The molecule has 3 N–H and O–H groups in total. The van der Waals surface area contributed by atoms with Gasteiger partial charge in [0.1, 0.15) is 47.8 Å². The van der Waals surface area contributed by atoms with E-state index in [1.54, 1.807) is 12.1 Å². The lowest BCUT2D eigenvalue weighted by Gasteiger charge is -2.20. The number of aliphatic hydroxyl groups excluding tert-OH is 1. The molecule has 5 rings (SSSR count). The highest BCUT2D eigenvalue weighted by Gasteiger charge is 2.48. The molecule has 2 fully saturated rings. The quantitative estimate of drug-likeness (QED) is 0.517. The monoisotopic (exact) mass is 474 g/mol. The molecule has 11 heteroatoms. The average Bonchev–Trinajstić information content (AvgIpc) is 3.32. The molecule has 2 aliphatic rings. The zero-order valence-corrected chi connectivity index (χ0v) is 18.8. The highest BCUT2D eigenvalue weighted by Crippen LogP contribution is 2.38. The number of aromatic nitrogens is 2. The fraction of sp³-hybridized carbons (Fsp3) is 0.364. The summed E-state index contributed by atoms with van der Waals surface area (Å²) in [5, 5.41) is 24.1. The van der Waals surface area contributed by atoms with E-state index in [4.69, 9.17) is 14.2 Å². The number of rotatable bonds is 5. The minimum atomic E-state index is -0.711. The van der Waals surface area contributed by atoms with Crippen molar-refractivity contribution >= 4 is 38.8 Å². The van der Waals surface area contributed by atoms with E-state index in [0.29, 0.717) is 28.1 Å². The van der Waals surface area contributed by atoms with Gasteiger partial charge in [-0.1, -0.05) is 0 Å². The first-order valence-corrected chi connectivity index (χ1v) is 12.3. The number of ether oxygens (including phenoxy) is 3. The van der Waals surface area contributed by atoms with Crippen LogP contribution in [0.25, 0.3) is 10.9 Å². The number of nitrogens with zero attached hydrogens (tertiary/aromatic N) is 3. The zero-order valence-electron chi connectivity index (χ0n) is 17.9. The van der Waals surface area contributed by atoms with E-state index in [9.17, 15) is 14.6 Å². The van der Waals surface area contributed by atoms with Crippen LogP contribution in [0.1, 0.15) is 0 Å². The summed E-state index contributed by atoms with van der Waals surface area (Å²) in [7, 11) is -0.200. The molecule has 33 heavy (non-hydrogen) atoms. The van der Waals surface area contributed by atoms with Gasteiger partial charge in [0.15, 0.2) is 6.10 Å². The van der Waals surface area contributed by atoms with Crippen LogP contribution in [0.4, 0.5) is 21.6 Å². The van der Waals surface area contributed by atoms with Crippen LogP contribution >= 0.6 is 0 Å². The number of benzene rings is 2. The number of hydrogen-bond acceptors (Lipinski definition) is 9. The Labute approximate surface area is 191 Å². The van der Waals surface area contributed by atoms with Gasteiger partial charge in [0, 0.05) is 12.1 Å². The summed E-state index contributed by atoms with van der Waals surface area (Å²) < 4.78 is 35.8. The molecule has 0 aliphatic carbocycles. The Kier molecular flexibility index (Phi) is 5.87. The van der Waals surface area contributed by atoms with E-state index in [0.717, 1.165) is 0 Å². The molecule has 0 amide bonds. The van der Waals surface area contributed by atoms with Crippen LogP contribution in [0, 0.1) is 5.82 Å². The maximum absolute atomic E-state index is 14.1. The minimum Gasteiger partial charge on any atom is -0.507 e. The number of aliphatic hydroxyl groups is 1. The normalized spacial score (nSPS) is 24.3. The Hall–Kier alpha value is -2.86. The van der Waals surface area contributed by atoms with Crippen LogP contribution in [-0.2, 0) is 20.2 Å². The van der Waals surface area contributed by atoms with Crippen LogP contribution in [0.2, 0.25) is 0 Å². The Morgan fingerprint density at radius 1 is 1.15 bits per heavy atom. The van der Waals surface area contributed by atoms with Gasteiger partial charge in [-0.3, -0.25) is 0 Å². The SMILES string of the molecule is CS(C)=Nc1cc(O)c2c(Nc3ccc(F)cc3O[C@@H]3CO[C@@H]4C(O)COC43)ncnc2c1. The van der Waals surface area contributed by atoms with E-state index >= 15 is 0 Å². The van der Waals surface area contributed by atoms with E-state index < -0.39 is 30.2 Å². The largest absolute Gasteiger partial charge is 0.507 e. The molecule has 2 unspecified atom stereocenters. The summed E-state index contributed by atoms with van der Waals surface area (Å²) in [5.41, 5.74) is 1.58. The number of aromatic hydroxyl groups is 1. The molecule has 0 spiro atoms. The summed E-state index contributed by atoms with van der Waals surface area (Å²) in [5.74, 6) is 0.0630. The lowest BCUT2D eigenvalue weighted by atomic mass is 10.1. The molecule has 2 aliphatic heterocycles. The zero-order chi connectivity index (χ0) is 23.1. The number of halogens is 1. The Balaban J connectivity index is 1.47.